The molecule has 2 heterocycles. The first-order chi connectivity index (χ1) is 16.5. The highest BCUT2D eigenvalue weighted by Gasteiger charge is 2.34. The molecular weight excluding hydrogens is 426 g/mol. The number of hydrogen-bond donors (Lipinski definition) is 2. The average Bonchev–Trinajstić information content (AvgIpc) is 3.70. The van der Waals surface area contributed by atoms with Gasteiger partial charge >= 0.3 is 5.90 Å². The van der Waals surface area contributed by atoms with Gasteiger partial charge in [0, 0.05) is 37.7 Å². The number of hydrogen-bond acceptors (Lipinski definition) is 6. The topological polar surface area (TPSA) is 98.7 Å². The van der Waals surface area contributed by atoms with E-state index >= 15 is 0 Å². The highest BCUT2D eigenvalue weighted by molar-refractivity contribution is 6.01. The molecule has 1 aromatic heterocycles. The fourth-order valence-corrected chi connectivity index (χ4v) is 5.57. The van der Waals surface area contributed by atoms with Gasteiger partial charge < -0.3 is 25.8 Å². The molecule has 0 amide bonds. The fraction of sp³-hybridized carbons (Fsp3) is 0.630. The normalized spacial score (nSPS) is 25.6. The van der Waals surface area contributed by atoms with Crippen molar-refractivity contribution in [3.8, 4) is 0 Å². The standard InChI is InChI=1S/C27H39N5O2/c1-17-8-11-22-19(14-17)15-21(27(33)31-25(28)18-9-10-18)26(30-22)32-13-12-23(24(16-32)34-2)29-20-6-4-3-5-7-20/h8,11,14-15,18,20,23-25,29H,3-7,9-10,12-13,16,28H2,1-2H3,(H,31,33)/p+1. The number of rotatable bonds is 7. The summed E-state index contributed by atoms with van der Waals surface area (Å²) in [5.41, 5.74) is 9.16. The van der Waals surface area contributed by atoms with Crippen molar-refractivity contribution >= 4 is 22.6 Å². The fourth-order valence-electron chi connectivity index (χ4n) is 5.57. The molecule has 3 atom stereocenters. The Labute approximate surface area is 202 Å². The molecule has 2 saturated carbocycles. The second-order valence-corrected chi connectivity index (χ2v) is 10.5. The van der Waals surface area contributed by atoms with Crippen LogP contribution >= 0.6 is 0 Å². The van der Waals surface area contributed by atoms with Crippen molar-refractivity contribution < 1.29 is 9.84 Å². The van der Waals surface area contributed by atoms with E-state index in [4.69, 9.17) is 20.6 Å². The molecule has 7 heteroatoms. The van der Waals surface area contributed by atoms with Crippen LogP contribution < -0.4 is 16.0 Å². The average molecular weight is 467 g/mol. The minimum absolute atomic E-state index is 0.0823. The molecule has 5 N–H and O–H groups in total. The van der Waals surface area contributed by atoms with E-state index in [0.29, 0.717) is 18.0 Å². The van der Waals surface area contributed by atoms with Crippen molar-refractivity contribution in [3.05, 3.63) is 35.4 Å². The second-order valence-electron chi connectivity index (χ2n) is 10.5. The van der Waals surface area contributed by atoms with Crippen LogP contribution in [0.4, 0.5) is 5.82 Å². The Morgan fingerprint density at radius 2 is 1.97 bits per heavy atom. The summed E-state index contributed by atoms with van der Waals surface area (Å²) in [6.07, 6.45) is 9.55. The van der Waals surface area contributed by atoms with Crippen molar-refractivity contribution in [1.29, 1.82) is 0 Å². The van der Waals surface area contributed by atoms with Crippen molar-refractivity contribution in [3.63, 3.8) is 0 Å². The van der Waals surface area contributed by atoms with E-state index in [1.807, 2.05) is 7.11 Å². The number of nitrogens with one attached hydrogen (secondary N) is 1. The van der Waals surface area contributed by atoms with E-state index in [0.717, 1.165) is 54.6 Å². The van der Waals surface area contributed by atoms with Crippen LogP contribution in [-0.2, 0) is 4.74 Å². The molecule has 0 spiro atoms. The summed E-state index contributed by atoms with van der Waals surface area (Å²) in [6.45, 7) is 3.71. The number of aromatic nitrogens is 1. The Morgan fingerprint density at radius 1 is 1.18 bits per heavy atom. The van der Waals surface area contributed by atoms with Gasteiger partial charge in [0.25, 0.3) is 0 Å². The molecule has 2 aliphatic carbocycles. The van der Waals surface area contributed by atoms with Crippen molar-refractivity contribution in [2.45, 2.75) is 82.6 Å². The number of anilines is 1. The molecule has 1 aliphatic heterocycles. The van der Waals surface area contributed by atoms with Crippen LogP contribution in [-0.4, -0.2) is 60.5 Å². The summed E-state index contributed by atoms with van der Waals surface area (Å²) in [5.74, 6) is 1.48. The summed E-state index contributed by atoms with van der Waals surface area (Å²) in [5, 5.41) is 13.8. The highest BCUT2D eigenvalue weighted by Crippen LogP contribution is 2.33. The quantitative estimate of drug-likeness (QED) is 0.371. The van der Waals surface area contributed by atoms with Gasteiger partial charge in [-0.1, -0.05) is 30.9 Å². The number of aryl methyl sites for hydroxylation is 1. The van der Waals surface area contributed by atoms with Crippen LogP contribution in [0.25, 0.3) is 10.9 Å². The van der Waals surface area contributed by atoms with Crippen LogP contribution in [0.1, 0.15) is 62.5 Å². The van der Waals surface area contributed by atoms with Gasteiger partial charge in [0.1, 0.15) is 17.5 Å². The lowest BCUT2D eigenvalue weighted by Gasteiger charge is -2.41. The smallest absolute Gasteiger partial charge is 0.365 e. The number of methoxy groups -OCH3 is 1. The molecule has 3 unspecified atom stereocenters. The van der Waals surface area contributed by atoms with Crippen LogP contribution in [0.3, 0.4) is 0 Å². The van der Waals surface area contributed by atoms with E-state index in [-0.39, 0.29) is 18.2 Å². The molecule has 1 aromatic carbocycles. The number of ether oxygens (including phenoxy) is 1. The maximum Gasteiger partial charge on any atom is 0.365 e. The van der Waals surface area contributed by atoms with Gasteiger partial charge in [-0.3, -0.25) is 0 Å². The Bertz CT molecular complexity index is 1030. The van der Waals surface area contributed by atoms with E-state index in [1.165, 1.54) is 37.7 Å². The van der Waals surface area contributed by atoms with Crippen molar-refractivity contribution in [2.75, 3.05) is 25.1 Å². The van der Waals surface area contributed by atoms with E-state index in [9.17, 15) is 0 Å². The molecule has 7 nitrogen and oxygen atoms in total. The molecule has 3 fully saturated rings. The summed E-state index contributed by atoms with van der Waals surface area (Å²) < 4.78 is 5.98. The molecule has 1 saturated heterocycles. The molecule has 184 valence electrons. The Morgan fingerprint density at radius 3 is 2.71 bits per heavy atom. The number of pyridine rings is 1. The molecule has 5 rings (SSSR count). The summed E-state index contributed by atoms with van der Waals surface area (Å²) >= 11 is 0. The summed E-state index contributed by atoms with van der Waals surface area (Å²) in [4.78, 5) is 11.9. The van der Waals surface area contributed by atoms with Crippen LogP contribution in [0, 0.1) is 12.8 Å². The lowest BCUT2D eigenvalue weighted by atomic mass is 9.92. The van der Waals surface area contributed by atoms with Gasteiger partial charge in [-0.15, -0.1) is 0 Å². The number of fused-ring (bicyclic) bond motifs is 1. The number of benzene rings is 1. The van der Waals surface area contributed by atoms with E-state index in [2.05, 4.69) is 46.4 Å². The zero-order chi connectivity index (χ0) is 23.7. The first kappa shape index (κ1) is 23.5. The highest BCUT2D eigenvalue weighted by atomic mass is 16.5. The van der Waals surface area contributed by atoms with Gasteiger partial charge in [0.15, 0.2) is 0 Å². The number of aliphatic imine (C=N–C) groups is 1. The molecular formula is C27H40N5O2+. The lowest BCUT2D eigenvalue weighted by molar-refractivity contribution is 0.0534. The number of piperidine rings is 1. The third-order valence-corrected chi connectivity index (χ3v) is 7.80. The predicted molar refractivity (Wildman–Crippen MR) is 139 cm³/mol. The van der Waals surface area contributed by atoms with Gasteiger partial charge in [0.2, 0.25) is 0 Å². The Balaban J connectivity index is 1.42. The zero-order valence-electron chi connectivity index (χ0n) is 20.6. The van der Waals surface area contributed by atoms with Gasteiger partial charge in [-0.05, 0) is 63.1 Å². The van der Waals surface area contributed by atoms with Gasteiger partial charge in [0.05, 0.1) is 11.6 Å². The zero-order valence-corrected chi connectivity index (χ0v) is 20.6. The van der Waals surface area contributed by atoms with Gasteiger partial charge in [-0.25, -0.2) is 4.98 Å². The predicted octanol–water partition coefficient (Wildman–Crippen LogP) is 3.23. The maximum absolute atomic E-state index is 8.82. The molecule has 0 bridgehead atoms. The van der Waals surface area contributed by atoms with Crippen molar-refractivity contribution in [2.24, 2.45) is 16.6 Å². The third kappa shape index (κ3) is 5.21. The maximum atomic E-state index is 8.82. The first-order valence-corrected chi connectivity index (χ1v) is 13.0. The third-order valence-electron chi connectivity index (χ3n) is 7.80. The van der Waals surface area contributed by atoms with Crippen LogP contribution in [0.2, 0.25) is 0 Å². The summed E-state index contributed by atoms with van der Waals surface area (Å²) in [6, 6.07) is 9.32. The molecule has 34 heavy (non-hydrogen) atoms. The number of nitrogens with two attached hydrogens (primary N) is 1. The molecule has 2 aromatic rings. The minimum Gasteiger partial charge on any atom is -0.578 e. The van der Waals surface area contributed by atoms with Gasteiger partial charge in [-0.2, -0.15) is 4.99 Å². The monoisotopic (exact) mass is 466 g/mol. The largest absolute Gasteiger partial charge is 0.578 e. The lowest BCUT2D eigenvalue weighted by Crippen LogP contribution is -2.56. The minimum atomic E-state index is -0.300. The Kier molecular flexibility index (Phi) is 7.04. The van der Waals surface area contributed by atoms with Crippen LogP contribution in [0.15, 0.2) is 29.3 Å². The molecule has 0 radical (unpaired) electrons. The van der Waals surface area contributed by atoms with Crippen LogP contribution in [0.5, 0.6) is 0 Å². The second kappa shape index (κ2) is 10.2. The Hall–Kier alpha value is -2.22. The molecule has 3 aliphatic rings. The van der Waals surface area contributed by atoms with E-state index < -0.39 is 0 Å². The summed E-state index contributed by atoms with van der Waals surface area (Å²) in [7, 11) is 1.81. The number of nitrogens with zero attached hydrogens (tertiary/aromatic N) is 3. The van der Waals surface area contributed by atoms with E-state index in [1.54, 1.807) is 0 Å². The SMILES string of the molecule is COC1CN(c2nc3ccc(C)cc3cc2/C([OH2+])=N/C(N)C2CC2)CCC1NC1CCCCC1. The van der Waals surface area contributed by atoms with Crippen molar-refractivity contribution in [1.82, 2.24) is 10.3 Å². The first-order valence-electron chi connectivity index (χ1n) is 13.0.